The van der Waals surface area contributed by atoms with E-state index in [1.807, 2.05) is 13.8 Å². The van der Waals surface area contributed by atoms with Gasteiger partial charge in [0.15, 0.2) is 0 Å². The van der Waals surface area contributed by atoms with Crippen LogP contribution in [0.15, 0.2) is 48.5 Å². The summed E-state index contributed by atoms with van der Waals surface area (Å²) in [6.45, 7) is 4.65. The molecule has 0 unspecified atom stereocenters. The van der Waals surface area contributed by atoms with Crippen molar-refractivity contribution in [2.24, 2.45) is 0 Å². The molecule has 154 valence electrons. The number of para-hydroxylation sites is 1. The van der Waals surface area contributed by atoms with E-state index in [-0.39, 0.29) is 11.7 Å². The number of fused-ring (bicyclic) bond motifs is 1. The van der Waals surface area contributed by atoms with Crippen molar-refractivity contribution < 1.29 is 19.4 Å². The van der Waals surface area contributed by atoms with E-state index in [2.05, 4.69) is 10.6 Å². The Balaban J connectivity index is 1.91. The number of ether oxygens (including phenoxy) is 1. The van der Waals surface area contributed by atoms with E-state index in [9.17, 15) is 14.7 Å². The summed E-state index contributed by atoms with van der Waals surface area (Å²) in [5.74, 6) is -0.695. The molecule has 2 aromatic carbocycles. The smallest absolute Gasteiger partial charge is 0.329 e. The van der Waals surface area contributed by atoms with Gasteiger partial charge in [-0.25, -0.2) is 4.79 Å². The van der Waals surface area contributed by atoms with Crippen LogP contribution in [-0.4, -0.2) is 36.3 Å². The average Bonchev–Trinajstić information content (AvgIpc) is 2.68. The minimum Gasteiger partial charge on any atom is -0.379 e. The summed E-state index contributed by atoms with van der Waals surface area (Å²) in [7, 11) is 0. The van der Waals surface area contributed by atoms with Gasteiger partial charge in [0.05, 0.1) is 11.8 Å². The zero-order valence-corrected chi connectivity index (χ0v) is 17.1. The maximum absolute atomic E-state index is 13.1. The highest BCUT2D eigenvalue weighted by Crippen LogP contribution is 2.39. The van der Waals surface area contributed by atoms with Crippen LogP contribution >= 0.6 is 11.6 Å². The summed E-state index contributed by atoms with van der Waals surface area (Å²) < 4.78 is 5.47. The van der Waals surface area contributed by atoms with Crippen molar-refractivity contribution in [2.75, 3.05) is 23.4 Å². The summed E-state index contributed by atoms with van der Waals surface area (Å²) in [5.41, 5.74) is -1.22. The van der Waals surface area contributed by atoms with Crippen molar-refractivity contribution >= 4 is 34.9 Å². The molecule has 1 atom stereocenters. The fourth-order valence-electron chi connectivity index (χ4n) is 3.17. The Bertz CT molecular complexity index is 888. The fraction of sp³-hybridized carbons (Fsp3) is 0.333. The van der Waals surface area contributed by atoms with Gasteiger partial charge in [-0.05, 0) is 50.6 Å². The molecule has 8 heteroatoms. The number of amides is 3. The second-order valence-electron chi connectivity index (χ2n) is 6.99. The van der Waals surface area contributed by atoms with Gasteiger partial charge in [-0.3, -0.25) is 9.69 Å². The molecule has 0 saturated heterocycles. The maximum atomic E-state index is 13.1. The van der Waals surface area contributed by atoms with Crippen LogP contribution in [0.5, 0.6) is 0 Å². The van der Waals surface area contributed by atoms with Gasteiger partial charge in [0, 0.05) is 29.4 Å². The topological polar surface area (TPSA) is 90.9 Å². The number of anilines is 2. The summed E-state index contributed by atoms with van der Waals surface area (Å²) in [6, 6.07) is 12.4. The van der Waals surface area contributed by atoms with Crippen LogP contribution in [-0.2, 0) is 15.3 Å². The van der Waals surface area contributed by atoms with Gasteiger partial charge >= 0.3 is 6.03 Å². The van der Waals surface area contributed by atoms with E-state index in [1.54, 1.807) is 48.5 Å². The van der Waals surface area contributed by atoms with Crippen molar-refractivity contribution in [3.63, 3.8) is 0 Å². The molecule has 0 fully saturated rings. The van der Waals surface area contributed by atoms with Crippen molar-refractivity contribution in [2.45, 2.75) is 32.1 Å². The quantitative estimate of drug-likeness (QED) is 0.601. The molecule has 3 N–H and O–H groups in total. The number of nitrogens with one attached hydrogen (secondary N) is 2. The molecule has 0 saturated carbocycles. The number of carbonyl (C=O) groups excluding carboxylic acids is 2. The third-order valence-electron chi connectivity index (χ3n) is 4.53. The molecule has 0 bridgehead atoms. The Morgan fingerprint density at radius 1 is 1.24 bits per heavy atom. The van der Waals surface area contributed by atoms with Gasteiger partial charge in [-0.15, -0.1) is 0 Å². The molecule has 0 aliphatic carbocycles. The van der Waals surface area contributed by atoms with Crippen LogP contribution in [0.1, 0.15) is 25.8 Å². The molecule has 1 aliphatic heterocycles. The predicted molar refractivity (Wildman–Crippen MR) is 112 cm³/mol. The predicted octanol–water partition coefficient (Wildman–Crippen LogP) is 3.47. The zero-order chi connectivity index (χ0) is 21.0. The fourth-order valence-corrected chi connectivity index (χ4v) is 3.30. The summed E-state index contributed by atoms with van der Waals surface area (Å²) >= 11 is 5.95. The standard InChI is InChI=1S/C21H24ClN3O4/c1-14(2)29-13-5-12-23-19(26)21(28)17-6-3-4-7-18(17)24-20(27)25(21)16-10-8-15(22)9-11-16/h3-4,6-11,14,28H,5,12-13H2,1-2H3,(H,23,26)(H,24,27)/t21-/m1/s1. The number of hydrogen-bond donors (Lipinski definition) is 3. The first-order valence-corrected chi connectivity index (χ1v) is 9.80. The summed E-state index contributed by atoms with van der Waals surface area (Å²) in [4.78, 5) is 27.0. The summed E-state index contributed by atoms with van der Waals surface area (Å²) in [6.07, 6.45) is 0.679. The molecule has 7 nitrogen and oxygen atoms in total. The number of carbonyl (C=O) groups is 2. The van der Waals surface area contributed by atoms with Gasteiger partial charge < -0.3 is 20.5 Å². The van der Waals surface area contributed by atoms with Gasteiger partial charge in [0.1, 0.15) is 0 Å². The van der Waals surface area contributed by atoms with E-state index in [1.165, 1.54) is 0 Å². The normalized spacial score (nSPS) is 18.4. The highest BCUT2D eigenvalue weighted by Gasteiger charge is 2.51. The number of rotatable bonds is 7. The number of benzene rings is 2. The number of hydrogen-bond acceptors (Lipinski definition) is 4. The van der Waals surface area contributed by atoms with Crippen LogP contribution in [0.25, 0.3) is 0 Å². The van der Waals surface area contributed by atoms with E-state index in [4.69, 9.17) is 16.3 Å². The SMILES string of the molecule is CC(C)OCCCNC(=O)[C@]1(O)c2ccccc2NC(=O)N1c1ccc(Cl)cc1. The van der Waals surface area contributed by atoms with Crippen LogP contribution in [0.2, 0.25) is 5.02 Å². The summed E-state index contributed by atoms with van der Waals surface area (Å²) in [5, 5.41) is 17.5. The minimum atomic E-state index is -2.22. The molecule has 3 rings (SSSR count). The van der Waals surface area contributed by atoms with Gasteiger partial charge in [-0.1, -0.05) is 29.8 Å². The molecule has 1 heterocycles. The van der Waals surface area contributed by atoms with Crippen molar-refractivity contribution in [1.82, 2.24) is 5.32 Å². The first kappa shape index (κ1) is 21.1. The number of aliphatic hydroxyl groups is 1. The molecular weight excluding hydrogens is 394 g/mol. The van der Waals surface area contributed by atoms with E-state index in [0.717, 1.165) is 4.90 Å². The number of urea groups is 1. The molecule has 0 aromatic heterocycles. The lowest BCUT2D eigenvalue weighted by Crippen LogP contribution is -2.62. The molecule has 29 heavy (non-hydrogen) atoms. The molecule has 0 radical (unpaired) electrons. The number of nitrogens with zero attached hydrogens (tertiary/aromatic N) is 1. The highest BCUT2D eigenvalue weighted by molar-refractivity contribution is 6.30. The molecule has 3 amide bonds. The Hall–Kier alpha value is -2.61. The van der Waals surface area contributed by atoms with Gasteiger partial charge in [0.25, 0.3) is 11.6 Å². The molecule has 2 aromatic rings. The Kier molecular flexibility index (Phi) is 6.42. The third kappa shape index (κ3) is 4.37. The highest BCUT2D eigenvalue weighted by atomic mass is 35.5. The second kappa shape index (κ2) is 8.82. The lowest BCUT2D eigenvalue weighted by atomic mass is 9.95. The Labute approximate surface area is 174 Å². The second-order valence-corrected chi connectivity index (χ2v) is 7.43. The third-order valence-corrected chi connectivity index (χ3v) is 4.78. The van der Waals surface area contributed by atoms with E-state index >= 15 is 0 Å². The average molecular weight is 418 g/mol. The van der Waals surface area contributed by atoms with E-state index < -0.39 is 17.7 Å². The van der Waals surface area contributed by atoms with Gasteiger partial charge in [0.2, 0.25) is 0 Å². The van der Waals surface area contributed by atoms with Crippen LogP contribution in [0.3, 0.4) is 0 Å². The molecule has 0 spiro atoms. The van der Waals surface area contributed by atoms with Crippen molar-refractivity contribution in [3.8, 4) is 0 Å². The minimum absolute atomic E-state index is 0.101. The van der Waals surface area contributed by atoms with Crippen LogP contribution in [0, 0.1) is 0 Å². The first-order valence-electron chi connectivity index (χ1n) is 9.42. The lowest BCUT2D eigenvalue weighted by molar-refractivity contribution is -0.140. The molecular formula is C21H24ClN3O4. The Morgan fingerprint density at radius 2 is 1.93 bits per heavy atom. The molecule has 1 aliphatic rings. The maximum Gasteiger partial charge on any atom is 0.329 e. The number of halogens is 1. The zero-order valence-electron chi connectivity index (χ0n) is 16.3. The van der Waals surface area contributed by atoms with E-state index in [0.29, 0.717) is 36.0 Å². The van der Waals surface area contributed by atoms with Gasteiger partial charge in [-0.2, -0.15) is 0 Å². The van der Waals surface area contributed by atoms with Crippen LogP contribution < -0.4 is 15.5 Å². The van der Waals surface area contributed by atoms with Crippen molar-refractivity contribution in [3.05, 3.63) is 59.1 Å². The Morgan fingerprint density at radius 3 is 2.62 bits per heavy atom. The lowest BCUT2D eigenvalue weighted by Gasteiger charge is -2.42. The first-order chi connectivity index (χ1) is 13.8. The van der Waals surface area contributed by atoms with Crippen molar-refractivity contribution in [1.29, 1.82) is 0 Å². The van der Waals surface area contributed by atoms with Crippen LogP contribution in [0.4, 0.5) is 16.2 Å². The monoisotopic (exact) mass is 417 g/mol. The largest absolute Gasteiger partial charge is 0.379 e.